The molecule has 1 aliphatic heterocycles. The lowest BCUT2D eigenvalue weighted by Gasteiger charge is -2.40. The highest BCUT2D eigenvalue weighted by atomic mass is 16.6. The minimum absolute atomic E-state index is 0.160. The number of rotatable bonds is 36. The molecule has 0 unspecified atom stereocenters. The number of anilines is 1. The Balaban J connectivity index is 0.000000210. The molecule has 4 aliphatic carbocycles. The molecule has 14 rings (SSSR count). The zero-order chi connectivity index (χ0) is 85.2. The van der Waals surface area contributed by atoms with Gasteiger partial charge in [-0.25, -0.2) is 14.4 Å². The number of carbonyl (C=O) groups excluding carboxylic acids is 6. The van der Waals surface area contributed by atoms with Gasteiger partial charge in [-0.15, -0.1) is 5.10 Å². The number of nitrogens with zero attached hydrogens (tertiary/aromatic N) is 3. The molecular weight excluding hydrogens is 1530 g/mol. The van der Waals surface area contributed by atoms with Crippen molar-refractivity contribution in [1.82, 2.24) is 0 Å². The molecule has 4 fully saturated rings. The Morgan fingerprint density at radius 1 is 0.500 bits per heavy atom. The van der Waals surface area contributed by atoms with Crippen molar-refractivity contribution >= 4 is 81.2 Å². The lowest BCUT2D eigenvalue weighted by Crippen LogP contribution is -2.45. The summed E-state index contributed by atoms with van der Waals surface area (Å²) in [6.07, 6.45) is 23.1. The van der Waals surface area contributed by atoms with Crippen molar-refractivity contribution in [3.63, 3.8) is 0 Å². The molecule has 1 N–H and O–H groups in total. The highest BCUT2D eigenvalue weighted by Gasteiger charge is 2.38. The number of hydrogen-bond donors (Lipinski definition) is 1. The molecule has 9 aromatic carbocycles. The van der Waals surface area contributed by atoms with Crippen LogP contribution in [-0.4, -0.2) is 107 Å². The zero-order valence-corrected chi connectivity index (χ0v) is 71.3. The van der Waals surface area contributed by atoms with Gasteiger partial charge in [0.25, 0.3) is 0 Å². The predicted octanol–water partition coefficient (Wildman–Crippen LogP) is 21.9. The maximum absolute atomic E-state index is 13.9. The van der Waals surface area contributed by atoms with E-state index in [1.165, 1.54) is 31.2 Å². The molecule has 9 aromatic rings. The van der Waals surface area contributed by atoms with Crippen molar-refractivity contribution in [3.05, 3.63) is 244 Å². The number of unbranched alkanes of at least 4 members (excludes halogenated alkanes) is 4. The van der Waals surface area contributed by atoms with Gasteiger partial charge in [-0.1, -0.05) is 174 Å². The van der Waals surface area contributed by atoms with Crippen LogP contribution < -0.4 is 24.4 Å². The Morgan fingerprint density at radius 3 is 1.75 bits per heavy atom. The van der Waals surface area contributed by atoms with Crippen LogP contribution in [0.25, 0.3) is 32.7 Å². The fourth-order valence-electron chi connectivity index (χ4n) is 17.0. The first-order valence-corrected chi connectivity index (χ1v) is 44.1. The van der Waals surface area contributed by atoms with Crippen LogP contribution in [0.15, 0.2) is 209 Å². The van der Waals surface area contributed by atoms with E-state index in [1.54, 1.807) is 43.6 Å². The second-order valence-corrected chi connectivity index (χ2v) is 33.6. The monoisotopic (exact) mass is 1650 g/mol. The molecule has 0 amide bonds. The van der Waals surface area contributed by atoms with Crippen LogP contribution in [-0.2, 0) is 55.7 Å². The number of aryl methyl sites for hydroxylation is 2. The number of hydrazone groups is 1. The number of benzene rings is 9. The Morgan fingerprint density at radius 2 is 1.09 bits per heavy atom. The van der Waals surface area contributed by atoms with Crippen LogP contribution in [0.3, 0.4) is 0 Å². The van der Waals surface area contributed by atoms with Gasteiger partial charge >= 0.3 is 35.8 Å². The average molecular weight is 1650 g/mol. The molecule has 122 heavy (non-hydrogen) atoms. The molecule has 3 saturated carbocycles. The fraction of sp³-hybridized carbons (Fsp3) is 0.408. The van der Waals surface area contributed by atoms with E-state index >= 15 is 0 Å². The van der Waals surface area contributed by atoms with E-state index < -0.39 is 17.9 Å². The first kappa shape index (κ1) is 88.4. The van der Waals surface area contributed by atoms with Crippen LogP contribution in [0.4, 0.5) is 5.69 Å². The van der Waals surface area contributed by atoms with Crippen molar-refractivity contribution in [2.45, 2.75) is 176 Å². The van der Waals surface area contributed by atoms with Gasteiger partial charge in [0.2, 0.25) is 0 Å². The van der Waals surface area contributed by atoms with Crippen LogP contribution in [0.2, 0.25) is 0 Å². The summed E-state index contributed by atoms with van der Waals surface area (Å²) in [6.45, 7) is 18.2. The highest BCUT2D eigenvalue weighted by Crippen LogP contribution is 2.44. The summed E-state index contributed by atoms with van der Waals surface area (Å²) in [5.41, 5.74) is 14.4. The molecule has 19 heteroatoms. The van der Waals surface area contributed by atoms with Gasteiger partial charge in [-0.3, -0.25) is 19.8 Å². The quantitative estimate of drug-likeness (QED) is 0.00731. The molecule has 19 nitrogen and oxygen atoms in total. The zero-order valence-electron chi connectivity index (χ0n) is 71.3. The van der Waals surface area contributed by atoms with E-state index in [4.69, 9.17) is 42.6 Å². The summed E-state index contributed by atoms with van der Waals surface area (Å²) in [7, 11) is 0. The molecule has 0 bridgehead atoms. The van der Waals surface area contributed by atoms with E-state index in [1.807, 2.05) is 146 Å². The summed E-state index contributed by atoms with van der Waals surface area (Å²) in [6, 6.07) is 58.0. The SMILES string of the molecule is C=C(C)C(=O)OCCCCOC(=O)C1CCC(C(=O)Oc2c(/C=N/Nc3ccc4ccccc4c3)cc(OC(=O)C3CCC(C4CCC(C)CC4)CC3)c3ccccc23)CC1.CCCc1ccc(C(=O)OCCc2ccc(OC(=O)c3ccc(OCCCCCCOCC4(CC)COC4)c(C)c3)c(/C=N/N=C3c4ccccc4-c4ccccc43)c2)cc1. The Hall–Kier alpha value is -11.4. The summed E-state index contributed by atoms with van der Waals surface area (Å²) in [5.74, 6) is 1.07. The van der Waals surface area contributed by atoms with Crippen molar-refractivity contribution in [2.24, 2.45) is 56.2 Å². The third kappa shape index (κ3) is 23.8. The van der Waals surface area contributed by atoms with Gasteiger partial charge in [0.05, 0.1) is 93.2 Å². The number of nitrogens with one attached hydrogen (secondary N) is 1. The first-order valence-electron chi connectivity index (χ1n) is 44.1. The average Bonchev–Trinajstić information content (AvgIpc) is 1.48. The fourth-order valence-corrected chi connectivity index (χ4v) is 17.0. The molecule has 0 spiro atoms. The Labute approximate surface area is 717 Å². The van der Waals surface area contributed by atoms with Gasteiger partial charge in [0.15, 0.2) is 0 Å². The van der Waals surface area contributed by atoms with Gasteiger partial charge in [-0.05, 0) is 240 Å². The lowest BCUT2D eigenvalue weighted by molar-refractivity contribution is -0.152. The molecule has 0 aromatic heterocycles. The molecule has 638 valence electrons. The van der Waals surface area contributed by atoms with Gasteiger partial charge in [0.1, 0.15) is 28.7 Å². The normalized spacial score (nSPS) is 18.3. The molecule has 1 saturated heterocycles. The second kappa shape index (κ2) is 43.9. The number of ether oxygens (including phenoxy) is 9. The van der Waals surface area contributed by atoms with E-state index in [-0.39, 0.29) is 60.9 Å². The van der Waals surface area contributed by atoms with Crippen LogP contribution >= 0.6 is 0 Å². The Kier molecular flexibility index (Phi) is 31.8. The molecule has 0 atom stereocenters. The van der Waals surface area contributed by atoms with Crippen molar-refractivity contribution in [3.8, 4) is 34.1 Å². The minimum Gasteiger partial charge on any atom is -0.493 e. The van der Waals surface area contributed by atoms with Crippen molar-refractivity contribution < 1.29 is 71.4 Å². The van der Waals surface area contributed by atoms with Crippen LogP contribution in [0.1, 0.15) is 216 Å². The van der Waals surface area contributed by atoms with E-state index in [9.17, 15) is 28.8 Å². The van der Waals surface area contributed by atoms with Crippen molar-refractivity contribution in [1.29, 1.82) is 0 Å². The molecule has 0 radical (unpaired) electrons. The summed E-state index contributed by atoms with van der Waals surface area (Å²) in [5, 5.41) is 17.3. The summed E-state index contributed by atoms with van der Waals surface area (Å²) in [4.78, 5) is 78.6. The maximum Gasteiger partial charge on any atom is 0.343 e. The minimum atomic E-state index is -0.502. The highest BCUT2D eigenvalue weighted by molar-refractivity contribution is 6.24. The smallest absolute Gasteiger partial charge is 0.343 e. The maximum atomic E-state index is 13.9. The lowest BCUT2D eigenvalue weighted by atomic mass is 9.69. The number of esters is 6. The van der Waals surface area contributed by atoms with Gasteiger partial charge in [0, 0.05) is 57.0 Å². The Bertz CT molecular complexity index is 5160. The third-order valence-electron chi connectivity index (χ3n) is 24.6. The second-order valence-electron chi connectivity index (χ2n) is 33.6. The van der Waals surface area contributed by atoms with Crippen LogP contribution in [0.5, 0.6) is 23.0 Å². The van der Waals surface area contributed by atoms with E-state index in [0.29, 0.717) is 113 Å². The van der Waals surface area contributed by atoms with Crippen LogP contribution in [0, 0.1) is 47.8 Å². The molecule has 1 heterocycles. The molecular formula is C103H116N4O15. The number of hydrogen-bond acceptors (Lipinski definition) is 19. The predicted molar refractivity (Wildman–Crippen MR) is 479 cm³/mol. The number of carbonyl (C=O) groups is 6. The van der Waals surface area contributed by atoms with Gasteiger partial charge in [-0.2, -0.15) is 10.2 Å². The van der Waals surface area contributed by atoms with E-state index in [2.05, 4.69) is 66.3 Å². The summed E-state index contributed by atoms with van der Waals surface area (Å²) < 4.78 is 52.2. The topological polar surface area (TPSA) is 235 Å². The van der Waals surface area contributed by atoms with E-state index in [0.717, 1.165) is 170 Å². The first-order chi connectivity index (χ1) is 59.5. The molecule has 5 aliphatic rings. The van der Waals surface area contributed by atoms with Crippen molar-refractivity contribution in [2.75, 3.05) is 58.3 Å². The standard InChI is InChI=1S/C52H56N2O7.C51H60N2O8/c1-4-14-38-19-22-40(23-20-38)50(55)60-30-27-39-21-25-48(42(32-39)33-53-54-49-45-17-10-8-15-43(45)44-16-9-11-18-46(44)49)61-51(56)41-24-26-47(37(3)31-41)59-29-13-7-6-12-28-57-34-52(5-2)35-58-36-52;1-33(2)48(54)58-28-8-9-29-59-49(55)38-22-24-40(25-23-38)51(57)61-47-42(32-52-53-43-27-26-35-10-4-5-11-41(35)30-43)31-46(44-12-6-7-13-45(44)47)60-50(56)39-20-18-37(19-21-39)36-16-14-34(3)15-17-36/h8-11,15-26,31-33H,4-7,12-14,27-30,34-36H2,1-3H3;4-7,10-13,26-27,30-32,34,36-40,53H,1,8-9,14-25,28-29H2,2-3H3/b53-33+;52-32+. The van der Waals surface area contributed by atoms with Gasteiger partial charge < -0.3 is 42.6 Å². The largest absolute Gasteiger partial charge is 0.493 e. The number of fused-ring (bicyclic) bond motifs is 5. The third-order valence-corrected chi connectivity index (χ3v) is 24.6. The summed E-state index contributed by atoms with van der Waals surface area (Å²) >= 11 is 0.